The van der Waals surface area contributed by atoms with Crippen LogP contribution in [-0.2, 0) is 4.79 Å². The zero-order valence-electron chi connectivity index (χ0n) is 17.8. The van der Waals surface area contributed by atoms with Gasteiger partial charge in [-0.15, -0.1) is 0 Å². The van der Waals surface area contributed by atoms with Crippen LogP contribution in [0.4, 0.5) is 10.1 Å². The van der Waals surface area contributed by atoms with Crippen LogP contribution < -0.4 is 16.6 Å². The maximum atomic E-state index is 13.7. The Balaban J connectivity index is 1.68. The third-order valence-electron chi connectivity index (χ3n) is 4.99. The number of amides is 2. The maximum absolute atomic E-state index is 13.7. The van der Waals surface area contributed by atoms with E-state index in [1.54, 1.807) is 43.3 Å². The normalized spacial score (nSPS) is 11.9. The number of fused-ring (bicyclic) bond motifs is 1. The minimum absolute atomic E-state index is 0.140. The van der Waals surface area contributed by atoms with Gasteiger partial charge < -0.3 is 11.1 Å². The molecule has 0 spiro atoms. The van der Waals surface area contributed by atoms with E-state index in [1.165, 1.54) is 34.9 Å². The smallest absolute Gasteiger partial charge is 0.266 e. The van der Waals surface area contributed by atoms with Crippen molar-refractivity contribution in [2.24, 2.45) is 5.73 Å². The molecule has 0 radical (unpaired) electrons. The number of nitrogens with one attached hydrogen (secondary N) is 1. The largest absolute Gasteiger partial charge is 0.366 e. The van der Waals surface area contributed by atoms with Crippen LogP contribution >= 0.6 is 23.4 Å². The molecule has 0 bridgehead atoms. The van der Waals surface area contributed by atoms with Crippen molar-refractivity contribution in [3.63, 3.8) is 0 Å². The standard InChI is InChI=1S/C24H18ClFN4O3S/c1-13(22(32)28-15-8-6-14(7-9-15)21(27)31)34-24-29-20-5-3-2-4-17(20)23(33)30(24)16-10-11-19(26)18(25)12-16/h2-13H,1H3,(H2,27,31)(H,28,32). The van der Waals surface area contributed by atoms with E-state index < -0.39 is 17.0 Å². The van der Waals surface area contributed by atoms with Crippen LogP contribution in [0.25, 0.3) is 16.6 Å². The second kappa shape index (κ2) is 9.66. The number of aromatic nitrogens is 2. The third-order valence-corrected chi connectivity index (χ3v) is 6.34. The predicted molar refractivity (Wildman–Crippen MR) is 131 cm³/mol. The molecule has 7 nitrogen and oxygen atoms in total. The van der Waals surface area contributed by atoms with Crippen molar-refractivity contribution in [2.45, 2.75) is 17.3 Å². The molecule has 1 unspecified atom stereocenters. The lowest BCUT2D eigenvalue weighted by molar-refractivity contribution is -0.115. The van der Waals surface area contributed by atoms with E-state index >= 15 is 0 Å². The summed E-state index contributed by atoms with van der Waals surface area (Å²) in [5.41, 5.74) is 6.46. The summed E-state index contributed by atoms with van der Waals surface area (Å²) < 4.78 is 15.1. The number of carbonyl (C=O) groups is 2. The summed E-state index contributed by atoms with van der Waals surface area (Å²) in [4.78, 5) is 41.9. The zero-order chi connectivity index (χ0) is 24.4. The second-order valence-corrected chi connectivity index (χ2v) is 9.06. The number of thioether (sulfide) groups is 1. The number of anilines is 1. The molecule has 0 saturated carbocycles. The van der Waals surface area contributed by atoms with Gasteiger partial charge in [-0.3, -0.25) is 19.0 Å². The Kier molecular flexibility index (Phi) is 6.67. The fourth-order valence-corrected chi connectivity index (χ4v) is 4.32. The monoisotopic (exact) mass is 496 g/mol. The number of hydrogen-bond donors (Lipinski definition) is 2. The molecule has 0 fully saturated rings. The fourth-order valence-electron chi connectivity index (χ4n) is 3.22. The quantitative estimate of drug-likeness (QED) is 0.304. The van der Waals surface area contributed by atoms with Crippen molar-refractivity contribution in [1.82, 2.24) is 9.55 Å². The van der Waals surface area contributed by atoms with Crippen LogP contribution in [0, 0.1) is 5.82 Å². The minimum atomic E-state index is -0.661. The molecule has 1 atom stereocenters. The molecular weight excluding hydrogens is 479 g/mol. The molecule has 0 aliphatic carbocycles. The Labute approximate surface area is 202 Å². The van der Waals surface area contributed by atoms with Gasteiger partial charge in [0, 0.05) is 11.3 Å². The van der Waals surface area contributed by atoms with Gasteiger partial charge in [-0.05, 0) is 61.5 Å². The summed E-state index contributed by atoms with van der Waals surface area (Å²) >= 11 is 7.02. The van der Waals surface area contributed by atoms with Crippen LogP contribution in [0.5, 0.6) is 0 Å². The molecule has 4 rings (SSSR count). The van der Waals surface area contributed by atoms with Gasteiger partial charge in [0.15, 0.2) is 5.16 Å². The highest BCUT2D eigenvalue weighted by Crippen LogP contribution is 2.27. The molecule has 10 heteroatoms. The molecule has 172 valence electrons. The average molecular weight is 497 g/mol. The molecule has 3 aromatic carbocycles. The average Bonchev–Trinajstić information content (AvgIpc) is 2.81. The van der Waals surface area contributed by atoms with E-state index in [0.29, 0.717) is 27.8 Å². The fraction of sp³-hybridized carbons (Fsp3) is 0.0833. The molecule has 3 N–H and O–H groups in total. The lowest BCUT2D eigenvalue weighted by Gasteiger charge is -2.17. The topological polar surface area (TPSA) is 107 Å². The van der Waals surface area contributed by atoms with Crippen LogP contribution in [0.2, 0.25) is 5.02 Å². The highest BCUT2D eigenvalue weighted by molar-refractivity contribution is 8.00. The van der Waals surface area contributed by atoms with Crippen LogP contribution in [0.3, 0.4) is 0 Å². The number of halogens is 2. The third kappa shape index (κ3) is 4.80. The Morgan fingerprint density at radius 2 is 1.82 bits per heavy atom. The molecule has 2 amide bonds. The van der Waals surface area contributed by atoms with Gasteiger partial charge in [-0.1, -0.05) is 35.5 Å². The first kappa shape index (κ1) is 23.5. The van der Waals surface area contributed by atoms with E-state index in [2.05, 4.69) is 10.3 Å². The molecule has 1 heterocycles. The number of primary amides is 1. The predicted octanol–water partition coefficient (Wildman–Crippen LogP) is 4.40. The van der Waals surface area contributed by atoms with Crippen molar-refractivity contribution in [1.29, 1.82) is 0 Å². The SMILES string of the molecule is CC(Sc1nc2ccccc2c(=O)n1-c1ccc(F)c(Cl)c1)C(=O)Nc1ccc(C(N)=O)cc1. The van der Waals surface area contributed by atoms with Crippen molar-refractivity contribution < 1.29 is 14.0 Å². The molecular formula is C24H18ClFN4O3S. The van der Waals surface area contributed by atoms with Gasteiger partial charge in [-0.25, -0.2) is 9.37 Å². The molecule has 1 aromatic heterocycles. The number of para-hydroxylation sites is 1. The van der Waals surface area contributed by atoms with Crippen molar-refractivity contribution in [3.05, 3.63) is 93.5 Å². The highest BCUT2D eigenvalue weighted by atomic mass is 35.5. The summed E-state index contributed by atoms with van der Waals surface area (Å²) in [5, 5.41) is 2.58. The van der Waals surface area contributed by atoms with E-state index in [9.17, 15) is 18.8 Å². The van der Waals surface area contributed by atoms with E-state index in [-0.39, 0.29) is 21.6 Å². The zero-order valence-corrected chi connectivity index (χ0v) is 19.4. The first-order chi connectivity index (χ1) is 16.2. The molecule has 0 aliphatic rings. The Hall–Kier alpha value is -3.69. The summed E-state index contributed by atoms with van der Waals surface area (Å²) in [6.07, 6.45) is 0. The molecule has 34 heavy (non-hydrogen) atoms. The minimum Gasteiger partial charge on any atom is -0.366 e. The number of carbonyl (C=O) groups excluding carboxylic acids is 2. The number of nitrogens with two attached hydrogens (primary N) is 1. The van der Waals surface area contributed by atoms with E-state index in [1.807, 2.05) is 0 Å². The lowest BCUT2D eigenvalue weighted by atomic mass is 10.2. The summed E-state index contributed by atoms with van der Waals surface area (Å²) in [6, 6.07) is 16.9. The molecule has 0 aliphatic heterocycles. The first-order valence-electron chi connectivity index (χ1n) is 10.1. The number of benzene rings is 3. The van der Waals surface area contributed by atoms with Crippen LogP contribution in [0.15, 0.2) is 76.7 Å². The van der Waals surface area contributed by atoms with Crippen molar-refractivity contribution >= 4 is 51.8 Å². The van der Waals surface area contributed by atoms with Crippen molar-refractivity contribution in [3.8, 4) is 5.69 Å². The van der Waals surface area contributed by atoms with Gasteiger partial charge in [0.2, 0.25) is 11.8 Å². The van der Waals surface area contributed by atoms with E-state index in [0.717, 1.165) is 11.8 Å². The Morgan fingerprint density at radius 1 is 1.12 bits per heavy atom. The highest BCUT2D eigenvalue weighted by Gasteiger charge is 2.21. The molecule has 4 aromatic rings. The van der Waals surface area contributed by atoms with Gasteiger partial charge in [0.05, 0.1) is 26.9 Å². The number of hydrogen-bond acceptors (Lipinski definition) is 5. The van der Waals surface area contributed by atoms with Gasteiger partial charge in [-0.2, -0.15) is 0 Å². The second-order valence-electron chi connectivity index (χ2n) is 7.34. The lowest BCUT2D eigenvalue weighted by Crippen LogP contribution is -2.26. The first-order valence-corrected chi connectivity index (χ1v) is 11.3. The maximum Gasteiger partial charge on any atom is 0.266 e. The summed E-state index contributed by atoms with van der Waals surface area (Å²) in [6.45, 7) is 1.67. The number of rotatable bonds is 6. The summed E-state index contributed by atoms with van der Waals surface area (Å²) in [5.74, 6) is -1.53. The van der Waals surface area contributed by atoms with Crippen LogP contribution in [0.1, 0.15) is 17.3 Å². The number of nitrogens with zero attached hydrogens (tertiary/aromatic N) is 2. The van der Waals surface area contributed by atoms with Crippen LogP contribution in [-0.4, -0.2) is 26.6 Å². The molecule has 0 saturated heterocycles. The van der Waals surface area contributed by atoms with Gasteiger partial charge in [0.1, 0.15) is 5.82 Å². The van der Waals surface area contributed by atoms with Gasteiger partial charge >= 0.3 is 0 Å². The summed E-state index contributed by atoms with van der Waals surface area (Å²) in [7, 11) is 0. The Bertz CT molecular complexity index is 1470. The van der Waals surface area contributed by atoms with Crippen molar-refractivity contribution in [2.75, 3.05) is 5.32 Å². The Morgan fingerprint density at radius 3 is 2.50 bits per heavy atom. The van der Waals surface area contributed by atoms with E-state index in [4.69, 9.17) is 17.3 Å². The van der Waals surface area contributed by atoms with Gasteiger partial charge in [0.25, 0.3) is 5.56 Å².